The van der Waals surface area contributed by atoms with Gasteiger partial charge in [0.25, 0.3) is 5.91 Å². The summed E-state index contributed by atoms with van der Waals surface area (Å²) in [7, 11) is -2.79. The number of amides is 1. The second-order valence-corrected chi connectivity index (χ2v) is 10.3. The zero-order valence-corrected chi connectivity index (χ0v) is 23.6. The van der Waals surface area contributed by atoms with Crippen molar-refractivity contribution in [2.45, 2.75) is 11.8 Å². The zero-order valence-electron chi connectivity index (χ0n) is 20.4. The van der Waals surface area contributed by atoms with E-state index in [9.17, 15) is 13.2 Å². The predicted molar refractivity (Wildman–Crippen MR) is 148 cm³/mol. The molecule has 3 aromatic rings. The van der Waals surface area contributed by atoms with Gasteiger partial charge in [-0.2, -0.15) is 13.5 Å². The van der Waals surface area contributed by atoms with Crippen LogP contribution in [0.1, 0.15) is 22.8 Å². The first-order valence-corrected chi connectivity index (χ1v) is 13.7. The van der Waals surface area contributed by atoms with E-state index in [2.05, 4.69) is 33.0 Å². The molecule has 0 aliphatic heterocycles. The van der Waals surface area contributed by atoms with Crippen LogP contribution >= 0.6 is 27.5 Å². The van der Waals surface area contributed by atoms with Crippen LogP contribution in [0.5, 0.6) is 23.0 Å². The van der Waals surface area contributed by atoms with Gasteiger partial charge < -0.3 is 18.4 Å². The molecule has 0 saturated carbocycles. The van der Waals surface area contributed by atoms with Gasteiger partial charge in [-0.3, -0.25) is 4.79 Å². The van der Waals surface area contributed by atoms with E-state index in [1.54, 1.807) is 30.3 Å². The van der Waals surface area contributed by atoms with E-state index >= 15 is 0 Å². The highest BCUT2D eigenvalue weighted by molar-refractivity contribution is 9.10. The van der Waals surface area contributed by atoms with Crippen LogP contribution in [-0.2, 0) is 10.1 Å². The van der Waals surface area contributed by atoms with Crippen LogP contribution in [0.4, 0.5) is 0 Å². The average Bonchev–Trinajstić information content (AvgIpc) is 2.89. The second-order valence-electron chi connectivity index (χ2n) is 7.42. The molecule has 0 heterocycles. The number of halogens is 2. The number of rotatable bonds is 12. The molecule has 0 atom stereocenters. The maximum absolute atomic E-state index is 12.7. The summed E-state index contributed by atoms with van der Waals surface area (Å²) in [6, 6.07) is 13.4. The number of carbonyl (C=O) groups is 1. The van der Waals surface area contributed by atoms with Crippen LogP contribution in [0, 0.1) is 0 Å². The minimum absolute atomic E-state index is 0.0501. The van der Waals surface area contributed by atoms with Gasteiger partial charge in [0.05, 0.1) is 24.4 Å². The molecule has 0 spiro atoms. The van der Waals surface area contributed by atoms with Gasteiger partial charge in [-0.15, -0.1) is 0 Å². The summed E-state index contributed by atoms with van der Waals surface area (Å²) in [5.74, 6) is 0.512. The number of benzene rings is 3. The Balaban J connectivity index is 1.75. The Bertz CT molecular complexity index is 1440. The van der Waals surface area contributed by atoms with E-state index in [1.807, 2.05) is 6.92 Å². The molecule has 1 N–H and O–H groups in total. The number of carbonyl (C=O) groups excluding carboxylic acids is 1. The summed E-state index contributed by atoms with van der Waals surface area (Å²) in [6.45, 7) is 6.13. The maximum Gasteiger partial charge on any atom is 0.339 e. The summed E-state index contributed by atoms with van der Waals surface area (Å²) in [5.41, 5.74) is 3.24. The van der Waals surface area contributed by atoms with Crippen molar-refractivity contribution in [2.24, 2.45) is 5.10 Å². The lowest BCUT2D eigenvalue weighted by atomic mass is 10.2. The van der Waals surface area contributed by atoms with E-state index in [0.717, 1.165) is 0 Å². The molecule has 0 fully saturated rings. The summed E-state index contributed by atoms with van der Waals surface area (Å²) >= 11 is 9.14. The highest BCUT2D eigenvalue weighted by Gasteiger charge is 2.22. The predicted octanol–water partition coefficient (Wildman–Crippen LogP) is 5.61. The van der Waals surface area contributed by atoms with Crippen molar-refractivity contribution in [3.63, 3.8) is 0 Å². The molecule has 0 aromatic heterocycles. The molecule has 0 saturated heterocycles. The molecular formula is C26H24BrClN2O7S. The molecular weight excluding hydrogens is 600 g/mol. The smallest absolute Gasteiger partial charge is 0.339 e. The van der Waals surface area contributed by atoms with Crippen molar-refractivity contribution in [3.05, 3.63) is 87.9 Å². The number of methoxy groups -OCH3 is 1. The fraction of sp³-hybridized carbons (Fsp3) is 0.154. The minimum atomic E-state index is -4.16. The highest BCUT2D eigenvalue weighted by Crippen LogP contribution is 2.38. The van der Waals surface area contributed by atoms with Crippen LogP contribution in [-0.4, -0.2) is 40.9 Å². The van der Waals surface area contributed by atoms with Crippen molar-refractivity contribution in [1.82, 2.24) is 5.43 Å². The Hall–Kier alpha value is -3.54. The first-order valence-electron chi connectivity index (χ1n) is 11.1. The molecule has 0 aliphatic carbocycles. The van der Waals surface area contributed by atoms with Crippen molar-refractivity contribution in [2.75, 3.05) is 20.3 Å². The van der Waals surface area contributed by atoms with Gasteiger partial charge in [0.1, 0.15) is 11.5 Å². The van der Waals surface area contributed by atoms with Crippen LogP contribution in [0.2, 0.25) is 5.02 Å². The number of hydrogen-bond donors (Lipinski definition) is 1. The summed E-state index contributed by atoms with van der Waals surface area (Å²) in [4.78, 5) is 12.5. The third-order valence-corrected chi connectivity index (χ3v) is 6.87. The van der Waals surface area contributed by atoms with Crippen LogP contribution in [0.15, 0.2) is 81.7 Å². The fourth-order valence-electron chi connectivity index (χ4n) is 3.07. The molecule has 38 heavy (non-hydrogen) atoms. The maximum atomic E-state index is 12.7. The van der Waals surface area contributed by atoms with E-state index < -0.39 is 16.0 Å². The van der Waals surface area contributed by atoms with Gasteiger partial charge in [-0.05, 0) is 83.0 Å². The van der Waals surface area contributed by atoms with Gasteiger partial charge in [-0.25, -0.2) is 5.43 Å². The first kappa shape index (κ1) is 29.0. The van der Waals surface area contributed by atoms with Crippen molar-refractivity contribution in [3.8, 4) is 23.0 Å². The lowest BCUT2D eigenvalue weighted by Gasteiger charge is -2.13. The Morgan fingerprint density at radius 3 is 2.47 bits per heavy atom. The van der Waals surface area contributed by atoms with Gasteiger partial charge in [0.2, 0.25) is 0 Å². The SMILES string of the molecule is C=CCOc1ccc(C(=O)N/N=C/c2cc(Br)c(OS(=O)(=O)c3ccc(Cl)cc3)c(OC)c2)cc1OCC. The molecule has 3 rings (SSSR count). The number of ether oxygens (including phenoxy) is 3. The lowest BCUT2D eigenvalue weighted by molar-refractivity contribution is 0.0954. The Morgan fingerprint density at radius 1 is 1.08 bits per heavy atom. The van der Waals surface area contributed by atoms with Crippen molar-refractivity contribution in [1.29, 1.82) is 0 Å². The number of nitrogens with zero attached hydrogens (tertiary/aromatic N) is 1. The Kier molecular flexibility index (Phi) is 10.2. The molecule has 0 unspecified atom stereocenters. The topological polar surface area (TPSA) is 113 Å². The highest BCUT2D eigenvalue weighted by atomic mass is 79.9. The molecule has 9 nitrogen and oxygen atoms in total. The van der Waals surface area contributed by atoms with Crippen LogP contribution in [0.25, 0.3) is 0 Å². The van der Waals surface area contributed by atoms with E-state index in [4.69, 9.17) is 30.0 Å². The molecule has 200 valence electrons. The number of nitrogens with one attached hydrogen (secondary N) is 1. The quantitative estimate of drug-likeness (QED) is 0.121. The van der Waals surface area contributed by atoms with E-state index in [-0.39, 0.29) is 16.4 Å². The van der Waals surface area contributed by atoms with Gasteiger partial charge >= 0.3 is 10.1 Å². The summed E-state index contributed by atoms with van der Waals surface area (Å²) < 4.78 is 47.4. The monoisotopic (exact) mass is 622 g/mol. The molecule has 0 bridgehead atoms. The largest absolute Gasteiger partial charge is 0.493 e. The number of hydrazone groups is 1. The van der Waals surface area contributed by atoms with Crippen LogP contribution < -0.4 is 23.8 Å². The average molecular weight is 624 g/mol. The number of hydrogen-bond acceptors (Lipinski definition) is 8. The summed E-state index contributed by atoms with van der Waals surface area (Å²) in [5, 5.41) is 4.38. The molecule has 0 aliphatic rings. The van der Waals surface area contributed by atoms with Crippen LogP contribution in [0.3, 0.4) is 0 Å². The van der Waals surface area contributed by atoms with E-state index in [0.29, 0.717) is 45.3 Å². The molecule has 0 radical (unpaired) electrons. The Morgan fingerprint density at radius 2 is 1.82 bits per heavy atom. The molecule has 12 heteroatoms. The van der Waals surface area contributed by atoms with Crippen molar-refractivity contribution < 1.29 is 31.6 Å². The van der Waals surface area contributed by atoms with Gasteiger partial charge in [0, 0.05) is 10.6 Å². The lowest BCUT2D eigenvalue weighted by Crippen LogP contribution is -2.18. The van der Waals surface area contributed by atoms with Gasteiger partial charge in [-0.1, -0.05) is 24.3 Å². The first-order chi connectivity index (χ1) is 18.2. The molecule has 1 amide bonds. The van der Waals surface area contributed by atoms with Crippen molar-refractivity contribution >= 4 is 49.8 Å². The van der Waals surface area contributed by atoms with E-state index in [1.165, 1.54) is 43.7 Å². The minimum Gasteiger partial charge on any atom is -0.493 e. The fourth-order valence-corrected chi connectivity index (χ4v) is 4.80. The summed E-state index contributed by atoms with van der Waals surface area (Å²) in [6.07, 6.45) is 2.98. The Labute approximate surface area is 234 Å². The third kappa shape index (κ3) is 7.50. The van der Waals surface area contributed by atoms with Gasteiger partial charge in [0.15, 0.2) is 23.0 Å². The normalized spacial score (nSPS) is 11.2. The standard InChI is InChI=1S/C26H24BrClN2O7S/c1-4-12-36-22-11-6-18(15-23(22)35-5-2)26(31)30-29-16-17-13-21(27)25(24(14-17)34-3)37-38(32,33)20-9-7-19(28)8-10-20/h4,6-11,13-16H,1,5,12H2,2-3H3,(H,30,31)/b29-16+. The molecule has 3 aromatic carbocycles. The zero-order chi connectivity index (χ0) is 27.7. The second kappa shape index (κ2) is 13.3. The third-order valence-electron chi connectivity index (χ3n) is 4.79.